The highest BCUT2D eigenvalue weighted by atomic mass is 127. The topological polar surface area (TPSA) is 94.2 Å². The molecular weight excluding hydrogens is 483 g/mol. The summed E-state index contributed by atoms with van der Waals surface area (Å²) in [7, 11) is 1.67. The first-order valence-corrected chi connectivity index (χ1v) is 10.1. The van der Waals surface area contributed by atoms with Crippen molar-refractivity contribution in [1.82, 2.24) is 34.9 Å². The van der Waals surface area contributed by atoms with E-state index >= 15 is 0 Å². The molecule has 0 radical (unpaired) electrons. The van der Waals surface area contributed by atoms with Crippen LogP contribution in [0.5, 0.6) is 0 Å². The molecule has 1 aliphatic heterocycles. The Hall–Kier alpha value is -1.69. The normalized spacial score (nSPS) is 16.2. The average molecular weight is 516 g/mol. The highest BCUT2D eigenvalue weighted by molar-refractivity contribution is 14.0. The molecule has 10 heteroatoms. The molecule has 0 aromatic carbocycles. The molecule has 3 heterocycles. The number of ether oxygens (including phenoxy) is 1. The van der Waals surface area contributed by atoms with Crippen molar-refractivity contribution in [3.05, 3.63) is 29.9 Å². The number of fused-ring (bicyclic) bond motifs is 1. The number of hydrogen-bond acceptors (Lipinski definition) is 5. The number of halogens is 1. The zero-order chi connectivity index (χ0) is 19.8. The van der Waals surface area contributed by atoms with Crippen molar-refractivity contribution in [3.8, 4) is 0 Å². The van der Waals surface area contributed by atoms with Gasteiger partial charge < -0.3 is 19.9 Å². The summed E-state index contributed by atoms with van der Waals surface area (Å²) < 4.78 is 9.31. The van der Waals surface area contributed by atoms with Crippen LogP contribution in [0.3, 0.4) is 0 Å². The van der Waals surface area contributed by atoms with E-state index in [9.17, 15) is 0 Å². The lowest BCUT2D eigenvalue weighted by molar-refractivity contribution is 0.177. The molecule has 162 valence electrons. The third-order valence-corrected chi connectivity index (χ3v) is 4.86. The smallest absolute Gasteiger partial charge is 0.191 e. The summed E-state index contributed by atoms with van der Waals surface area (Å²) in [5.41, 5.74) is 0. The number of aliphatic imine (C=N–C) groups is 1. The molecule has 0 saturated heterocycles. The summed E-state index contributed by atoms with van der Waals surface area (Å²) in [6, 6.07) is 0.302. The van der Waals surface area contributed by atoms with Crippen molar-refractivity contribution < 1.29 is 4.74 Å². The monoisotopic (exact) mass is 516 g/mol. The first-order chi connectivity index (χ1) is 13.7. The Kier molecular flexibility index (Phi) is 9.85. The summed E-state index contributed by atoms with van der Waals surface area (Å²) in [5.74, 6) is 3.75. The number of imidazole rings is 1. The van der Waals surface area contributed by atoms with E-state index in [0.717, 1.165) is 75.3 Å². The molecule has 1 aliphatic rings. The van der Waals surface area contributed by atoms with Crippen LogP contribution < -0.4 is 10.6 Å². The zero-order valence-corrected chi connectivity index (χ0v) is 19.9. The molecule has 9 nitrogen and oxygen atoms in total. The van der Waals surface area contributed by atoms with E-state index in [0.29, 0.717) is 12.6 Å². The second kappa shape index (κ2) is 12.1. The number of nitrogens with one attached hydrogen (secondary N) is 2. The summed E-state index contributed by atoms with van der Waals surface area (Å²) >= 11 is 0. The van der Waals surface area contributed by atoms with E-state index in [-0.39, 0.29) is 24.0 Å². The third-order valence-electron chi connectivity index (χ3n) is 4.86. The molecule has 1 unspecified atom stereocenters. The van der Waals surface area contributed by atoms with Gasteiger partial charge in [0.25, 0.3) is 0 Å². The van der Waals surface area contributed by atoms with Gasteiger partial charge in [0.15, 0.2) is 11.8 Å². The van der Waals surface area contributed by atoms with Crippen LogP contribution in [0.2, 0.25) is 0 Å². The molecule has 3 rings (SSSR count). The van der Waals surface area contributed by atoms with Crippen LogP contribution in [0, 0.1) is 6.92 Å². The van der Waals surface area contributed by atoms with Crippen LogP contribution in [0.4, 0.5) is 0 Å². The van der Waals surface area contributed by atoms with E-state index in [2.05, 4.69) is 37.2 Å². The minimum absolute atomic E-state index is 0. The van der Waals surface area contributed by atoms with Crippen molar-refractivity contribution in [2.24, 2.45) is 4.99 Å². The standard InChI is InChI=1S/C19H32N8O.HI/c1-4-20-19(22-9-5-6-11-26-12-10-21-15(26)2)23-16-7-8-18-24-17(14-28-3)25-27(18)13-16;/h10,12,16H,4-9,11,13-14H2,1-3H3,(H2,20,22,23);1H. The Morgan fingerprint density at radius 3 is 2.97 bits per heavy atom. The molecule has 2 N–H and O–H groups in total. The highest BCUT2D eigenvalue weighted by Crippen LogP contribution is 2.13. The van der Waals surface area contributed by atoms with E-state index in [1.807, 2.05) is 24.0 Å². The number of aromatic nitrogens is 5. The van der Waals surface area contributed by atoms with Crippen molar-refractivity contribution in [3.63, 3.8) is 0 Å². The fraction of sp³-hybridized carbons (Fsp3) is 0.684. The number of nitrogens with zero attached hydrogens (tertiary/aromatic N) is 6. The third kappa shape index (κ3) is 6.95. The lowest BCUT2D eigenvalue weighted by Crippen LogP contribution is -2.47. The van der Waals surface area contributed by atoms with Crippen LogP contribution >= 0.6 is 24.0 Å². The van der Waals surface area contributed by atoms with Crippen LogP contribution in [0.25, 0.3) is 0 Å². The van der Waals surface area contributed by atoms with Gasteiger partial charge in [-0.2, -0.15) is 5.10 Å². The molecule has 29 heavy (non-hydrogen) atoms. The van der Waals surface area contributed by atoms with Gasteiger partial charge in [0.05, 0.1) is 6.54 Å². The summed E-state index contributed by atoms with van der Waals surface area (Å²) in [4.78, 5) is 13.5. The predicted octanol–water partition coefficient (Wildman–Crippen LogP) is 1.90. The first-order valence-electron chi connectivity index (χ1n) is 10.1. The van der Waals surface area contributed by atoms with Crippen molar-refractivity contribution >= 4 is 29.9 Å². The van der Waals surface area contributed by atoms with Crippen LogP contribution in [0.15, 0.2) is 17.4 Å². The second-order valence-electron chi connectivity index (χ2n) is 7.07. The van der Waals surface area contributed by atoms with Gasteiger partial charge in [0.2, 0.25) is 0 Å². The Labute approximate surface area is 189 Å². The molecule has 0 fully saturated rings. The summed E-state index contributed by atoms with van der Waals surface area (Å²) in [6.45, 7) is 8.03. The fourth-order valence-electron chi connectivity index (χ4n) is 3.41. The first kappa shape index (κ1) is 23.6. The fourth-order valence-corrected chi connectivity index (χ4v) is 3.41. The number of hydrogen-bond donors (Lipinski definition) is 2. The molecule has 0 amide bonds. The molecule has 0 spiro atoms. The zero-order valence-electron chi connectivity index (χ0n) is 17.6. The number of guanidine groups is 1. The Morgan fingerprint density at radius 1 is 1.38 bits per heavy atom. The SMILES string of the molecule is CCNC(=NCCCCn1ccnc1C)NC1CCc2nc(COC)nn2C1.I. The number of methoxy groups -OCH3 is 1. The Bertz CT molecular complexity index is 772. The van der Waals surface area contributed by atoms with Crippen LogP contribution in [-0.2, 0) is 30.9 Å². The van der Waals surface area contributed by atoms with Gasteiger partial charge in [-0.1, -0.05) is 0 Å². The van der Waals surface area contributed by atoms with Crippen LogP contribution in [-0.4, -0.2) is 56.5 Å². The number of rotatable bonds is 9. The maximum absolute atomic E-state index is 5.14. The minimum Gasteiger partial charge on any atom is -0.377 e. The van der Waals surface area contributed by atoms with Crippen LogP contribution in [0.1, 0.15) is 43.7 Å². The van der Waals surface area contributed by atoms with E-state index in [1.165, 1.54) is 0 Å². The molecule has 0 bridgehead atoms. The van der Waals surface area contributed by atoms with Gasteiger partial charge in [-0.25, -0.2) is 14.6 Å². The largest absolute Gasteiger partial charge is 0.377 e. The van der Waals surface area contributed by atoms with Gasteiger partial charge in [-0.3, -0.25) is 4.99 Å². The Morgan fingerprint density at radius 2 is 2.24 bits per heavy atom. The molecule has 1 atom stereocenters. The van der Waals surface area contributed by atoms with Crippen molar-refractivity contribution in [2.75, 3.05) is 20.2 Å². The van der Waals surface area contributed by atoms with Crippen molar-refractivity contribution in [2.45, 2.75) is 65.3 Å². The molecular formula is C19H33IN8O. The van der Waals surface area contributed by atoms with Gasteiger partial charge in [0, 0.05) is 51.6 Å². The van der Waals surface area contributed by atoms with E-state index in [1.54, 1.807) is 7.11 Å². The number of unbranched alkanes of at least 4 members (excludes halogenated alkanes) is 1. The van der Waals surface area contributed by atoms with Gasteiger partial charge in [0.1, 0.15) is 18.3 Å². The molecule has 0 aliphatic carbocycles. The quantitative estimate of drug-likeness (QED) is 0.229. The molecule has 2 aromatic heterocycles. The Balaban J connectivity index is 0.00000300. The maximum atomic E-state index is 5.14. The second-order valence-corrected chi connectivity index (χ2v) is 7.07. The summed E-state index contributed by atoms with van der Waals surface area (Å²) in [6.07, 6.45) is 7.96. The molecule has 2 aromatic rings. The maximum Gasteiger partial charge on any atom is 0.191 e. The highest BCUT2D eigenvalue weighted by Gasteiger charge is 2.22. The van der Waals surface area contributed by atoms with Crippen molar-refractivity contribution in [1.29, 1.82) is 0 Å². The van der Waals surface area contributed by atoms with Gasteiger partial charge in [-0.05, 0) is 33.1 Å². The lowest BCUT2D eigenvalue weighted by Gasteiger charge is -2.25. The van der Waals surface area contributed by atoms with E-state index in [4.69, 9.17) is 9.73 Å². The predicted molar refractivity (Wildman–Crippen MR) is 124 cm³/mol. The van der Waals surface area contributed by atoms with E-state index < -0.39 is 0 Å². The number of aryl methyl sites for hydroxylation is 3. The lowest BCUT2D eigenvalue weighted by atomic mass is 10.1. The van der Waals surface area contributed by atoms with Gasteiger partial charge in [-0.15, -0.1) is 24.0 Å². The molecule has 0 saturated carbocycles. The average Bonchev–Trinajstić information content (AvgIpc) is 3.27. The van der Waals surface area contributed by atoms with Gasteiger partial charge >= 0.3 is 0 Å². The summed E-state index contributed by atoms with van der Waals surface area (Å²) in [5, 5.41) is 11.4. The minimum atomic E-state index is 0.